The Morgan fingerprint density at radius 2 is 2.40 bits per heavy atom. The molecule has 0 atom stereocenters. The van der Waals surface area contributed by atoms with Gasteiger partial charge in [0, 0.05) is 0 Å². The predicted octanol–water partition coefficient (Wildman–Crippen LogP) is 0.977. The highest BCUT2D eigenvalue weighted by molar-refractivity contribution is 5.83. The lowest BCUT2D eigenvalue weighted by molar-refractivity contribution is -0.142. The lowest BCUT2D eigenvalue weighted by Gasteiger charge is -1.99. The van der Waals surface area contributed by atoms with Crippen LogP contribution in [0.3, 0.4) is 0 Å². The topological polar surface area (TPSA) is 50.1 Å². The maximum Gasteiger partial charge on any atom is 0.331 e. The highest BCUT2D eigenvalue weighted by atomic mass is 16.5. The van der Waals surface area contributed by atoms with E-state index in [9.17, 15) is 4.79 Å². The van der Waals surface area contributed by atoms with E-state index in [1.54, 1.807) is 0 Å². The molecule has 0 heterocycles. The zero-order chi connectivity index (χ0) is 7.61. The van der Waals surface area contributed by atoms with Crippen LogP contribution in [0.15, 0.2) is 12.8 Å². The van der Waals surface area contributed by atoms with Gasteiger partial charge in [0.25, 0.3) is 0 Å². The van der Waals surface area contributed by atoms with E-state index in [1.165, 1.54) is 0 Å². The van der Waals surface area contributed by atoms with Crippen LogP contribution in [0.1, 0.15) is 12.8 Å². The largest absolute Gasteiger partial charge is 0.434 e. The van der Waals surface area contributed by atoms with Crippen LogP contribution in [0.4, 0.5) is 0 Å². The molecule has 0 N–H and O–H groups in total. The van der Waals surface area contributed by atoms with Gasteiger partial charge in [-0.25, -0.2) is 4.79 Å². The molecule has 3 heteroatoms. The first kappa shape index (κ1) is 6.81. The molecule has 1 aliphatic rings. The van der Waals surface area contributed by atoms with Crippen LogP contribution in [-0.2, 0) is 9.53 Å². The third-order valence-electron chi connectivity index (χ3n) is 1.55. The third-order valence-corrected chi connectivity index (χ3v) is 1.55. The van der Waals surface area contributed by atoms with E-state index in [0.717, 1.165) is 6.26 Å². The number of carbonyl (C=O) groups is 1. The van der Waals surface area contributed by atoms with E-state index in [4.69, 9.17) is 5.26 Å². The summed E-state index contributed by atoms with van der Waals surface area (Å²) in [5.41, 5.74) is -0.825. The Kier molecular flexibility index (Phi) is 1.46. The SMILES string of the molecule is C=COC(=O)C1(C#N)CC1. The fraction of sp³-hybridized carbons (Fsp3) is 0.429. The van der Waals surface area contributed by atoms with Gasteiger partial charge in [0.15, 0.2) is 5.41 Å². The molecular formula is C7H7NO2. The number of nitriles is 1. The fourth-order valence-electron chi connectivity index (χ4n) is 0.675. The van der Waals surface area contributed by atoms with Gasteiger partial charge in [-0.2, -0.15) is 5.26 Å². The first-order valence-electron chi connectivity index (χ1n) is 2.98. The van der Waals surface area contributed by atoms with Crippen molar-refractivity contribution in [3.05, 3.63) is 12.8 Å². The van der Waals surface area contributed by atoms with Crippen molar-refractivity contribution in [2.24, 2.45) is 5.41 Å². The molecule has 0 unspecified atom stereocenters. The minimum Gasteiger partial charge on any atom is -0.434 e. The van der Waals surface area contributed by atoms with Crippen molar-refractivity contribution < 1.29 is 9.53 Å². The smallest absolute Gasteiger partial charge is 0.331 e. The minimum atomic E-state index is -0.825. The Hall–Kier alpha value is -1.30. The number of hydrogen-bond donors (Lipinski definition) is 0. The van der Waals surface area contributed by atoms with Crippen LogP contribution < -0.4 is 0 Å². The molecule has 1 aliphatic carbocycles. The summed E-state index contributed by atoms with van der Waals surface area (Å²) in [6.07, 6.45) is 2.30. The zero-order valence-electron chi connectivity index (χ0n) is 5.46. The standard InChI is InChI=1S/C7H7NO2/c1-2-10-6(9)7(5-8)3-4-7/h2H,1,3-4H2. The van der Waals surface area contributed by atoms with E-state index in [1.807, 2.05) is 6.07 Å². The molecule has 3 nitrogen and oxygen atoms in total. The van der Waals surface area contributed by atoms with Crippen LogP contribution in [0.25, 0.3) is 0 Å². The predicted molar refractivity (Wildman–Crippen MR) is 33.6 cm³/mol. The second-order valence-electron chi connectivity index (χ2n) is 2.27. The van der Waals surface area contributed by atoms with Gasteiger partial charge in [0.05, 0.1) is 12.3 Å². The summed E-state index contributed by atoms with van der Waals surface area (Å²) in [6, 6.07) is 1.91. The molecule has 0 aromatic carbocycles. The second-order valence-corrected chi connectivity index (χ2v) is 2.27. The van der Waals surface area contributed by atoms with Gasteiger partial charge in [-0.1, -0.05) is 6.58 Å². The average molecular weight is 137 g/mol. The quantitative estimate of drug-likeness (QED) is 0.421. The molecular weight excluding hydrogens is 130 g/mol. The Morgan fingerprint density at radius 1 is 1.80 bits per heavy atom. The Labute approximate surface area is 58.9 Å². The maximum absolute atomic E-state index is 10.8. The van der Waals surface area contributed by atoms with Gasteiger partial charge < -0.3 is 4.74 Å². The lowest BCUT2D eigenvalue weighted by Crippen LogP contribution is -2.14. The highest BCUT2D eigenvalue weighted by Gasteiger charge is 2.52. The van der Waals surface area contributed by atoms with E-state index >= 15 is 0 Å². The number of nitrogens with zero attached hydrogens (tertiary/aromatic N) is 1. The Bertz CT molecular complexity index is 210. The summed E-state index contributed by atoms with van der Waals surface area (Å²) in [5, 5.41) is 8.47. The van der Waals surface area contributed by atoms with E-state index in [0.29, 0.717) is 12.8 Å². The van der Waals surface area contributed by atoms with Crippen molar-refractivity contribution in [2.75, 3.05) is 0 Å². The third kappa shape index (κ3) is 0.883. The summed E-state index contributed by atoms with van der Waals surface area (Å²) < 4.78 is 4.46. The summed E-state index contributed by atoms with van der Waals surface area (Å²) in [4.78, 5) is 10.8. The van der Waals surface area contributed by atoms with Crippen molar-refractivity contribution in [3.8, 4) is 6.07 Å². The first-order chi connectivity index (χ1) is 4.75. The lowest BCUT2D eigenvalue weighted by atomic mass is 10.1. The van der Waals surface area contributed by atoms with Crippen LogP contribution in [0.2, 0.25) is 0 Å². The van der Waals surface area contributed by atoms with Gasteiger partial charge in [0.2, 0.25) is 0 Å². The van der Waals surface area contributed by atoms with Gasteiger partial charge >= 0.3 is 5.97 Å². The highest BCUT2D eigenvalue weighted by Crippen LogP contribution is 2.45. The van der Waals surface area contributed by atoms with Gasteiger partial charge in [-0.05, 0) is 12.8 Å². The van der Waals surface area contributed by atoms with Crippen molar-refractivity contribution >= 4 is 5.97 Å². The number of rotatable bonds is 2. The minimum absolute atomic E-state index is 0.468. The van der Waals surface area contributed by atoms with Crippen LogP contribution in [-0.4, -0.2) is 5.97 Å². The van der Waals surface area contributed by atoms with Gasteiger partial charge in [0.1, 0.15) is 0 Å². The number of carbonyl (C=O) groups excluding carboxylic acids is 1. The molecule has 0 bridgehead atoms. The molecule has 0 amide bonds. The molecule has 1 fully saturated rings. The number of esters is 1. The van der Waals surface area contributed by atoms with E-state index in [2.05, 4.69) is 11.3 Å². The van der Waals surface area contributed by atoms with E-state index in [-0.39, 0.29) is 0 Å². The average Bonchev–Trinajstić information content (AvgIpc) is 2.68. The Balaban J connectivity index is 2.58. The van der Waals surface area contributed by atoms with Crippen molar-refractivity contribution in [1.29, 1.82) is 5.26 Å². The van der Waals surface area contributed by atoms with Gasteiger partial charge in [-0.3, -0.25) is 0 Å². The molecule has 0 radical (unpaired) electrons. The molecule has 52 valence electrons. The normalized spacial score (nSPS) is 18.7. The molecule has 10 heavy (non-hydrogen) atoms. The van der Waals surface area contributed by atoms with Crippen molar-refractivity contribution in [3.63, 3.8) is 0 Å². The van der Waals surface area contributed by atoms with Crippen molar-refractivity contribution in [2.45, 2.75) is 12.8 Å². The monoisotopic (exact) mass is 137 g/mol. The first-order valence-corrected chi connectivity index (χ1v) is 2.98. The van der Waals surface area contributed by atoms with Crippen LogP contribution in [0.5, 0.6) is 0 Å². The Morgan fingerprint density at radius 3 is 2.70 bits per heavy atom. The second kappa shape index (κ2) is 2.14. The zero-order valence-corrected chi connectivity index (χ0v) is 5.46. The number of hydrogen-bond acceptors (Lipinski definition) is 3. The summed E-state index contributed by atoms with van der Waals surface area (Å²) in [5.74, 6) is -0.468. The molecule has 0 aromatic rings. The van der Waals surface area contributed by atoms with Crippen LogP contribution >= 0.6 is 0 Å². The molecule has 0 aromatic heterocycles. The molecule has 1 saturated carbocycles. The molecule has 0 spiro atoms. The summed E-state index contributed by atoms with van der Waals surface area (Å²) in [6.45, 7) is 3.22. The fourth-order valence-corrected chi connectivity index (χ4v) is 0.675. The molecule has 0 saturated heterocycles. The summed E-state index contributed by atoms with van der Waals surface area (Å²) >= 11 is 0. The maximum atomic E-state index is 10.8. The molecule has 0 aliphatic heterocycles. The number of ether oxygens (including phenoxy) is 1. The van der Waals surface area contributed by atoms with Gasteiger partial charge in [-0.15, -0.1) is 0 Å². The molecule has 1 rings (SSSR count). The summed E-state index contributed by atoms with van der Waals surface area (Å²) in [7, 11) is 0. The van der Waals surface area contributed by atoms with Crippen LogP contribution in [0, 0.1) is 16.7 Å². The van der Waals surface area contributed by atoms with E-state index < -0.39 is 11.4 Å². The van der Waals surface area contributed by atoms with Crippen molar-refractivity contribution in [1.82, 2.24) is 0 Å².